The average molecular weight is 333 g/mol. The minimum Gasteiger partial charge on any atom is -0.444 e. The molecule has 0 unspecified atom stereocenters. The molecule has 1 amide bonds. The van der Waals surface area contributed by atoms with Gasteiger partial charge in [-0.3, -0.25) is 4.90 Å². The van der Waals surface area contributed by atoms with Gasteiger partial charge in [-0.05, 0) is 53.2 Å². The summed E-state index contributed by atoms with van der Waals surface area (Å²) in [7, 11) is 0. The number of carbonyl (C=O) groups excluding carboxylic acids is 1. The van der Waals surface area contributed by atoms with E-state index in [4.69, 9.17) is 4.74 Å². The van der Waals surface area contributed by atoms with Crippen LogP contribution in [-0.4, -0.2) is 46.6 Å². The van der Waals surface area contributed by atoms with E-state index in [1.807, 2.05) is 20.8 Å². The molecule has 0 atom stereocenters. The van der Waals surface area contributed by atoms with E-state index < -0.39 is 5.60 Å². The molecule has 24 heavy (non-hydrogen) atoms. The third-order valence-corrected chi connectivity index (χ3v) is 5.77. The van der Waals surface area contributed by atoms with Gasteiger partial charge in [0.05, 0.1) is 12.1 Å². The fourth-order valence-electron chi connectivity index (χ4n) is 3.98. The summed E-state index contributed by atoms with van der Waals surface area (Å²) in [5, 5.41) is 9.51. The van der Waals surface area contributed by atoms with Crippen molar-refractivity contribution in [2.24, 2.45) is 0 Å². The standard InChI is InChI=1S/C12H21NO3.C6H16B.Li/c1-11(2,3)16-10(15)13-9-4-6-12(13,8-14)7-5-9;1-4-7(5-2)6-3;/h9,14H,4-8H2,1-3H3;7H,4-6H2,1-3H3;/q;-1;+1. The minimum atomic E-state index is -0.463. The van der Waals surface area contributed by atoms with Crippen molar-refractivity contribution in [2.75, 3.05) is 6.61 Å². The van der Waals surface area contributed by atoms with E-state index in [-0.39, 0.29) is 43.1 Å². The molecular formula is C18H37BLiNO3. The monoisotopic (exact) mass is 333 g/mol. The van der Waals surface area contributed by atoms with E-state index in [1.165, 1.54) is 19.0 Å². The number of nitrogens with zero attached hydrogens (tertiary/aromatic N) is 1. The van der Waals surface area contributed by atoms with Crippen molar-refractivity contribution in [2.45, 2.75) is 103 Å². The van der Waals surface area contributed by atoms with Gasteiger partial charge in [0.25, 0.3) is 0 Å². The first kappa shape index (κ1) is 23.9. The number of amides is 1. The molecule has 2 aliphatic rings. The molecule has 0 aliphatic carbocycles. The summed E-state index contributed by atoms with van der Waals surface area (Å²) in [6.45, 7) is 12.9. The fraction of sp³-hybridized carbons (Fsp3) is 0.944. The number of aliphatic hydroxyl groups is 1. The molecule has 2 aliphatic heterocycles. The maximum Gasteiger partial charge on any atom is 1.00 e. The van der Waals surface area contributed by atoms with E-state index in [2.05, 4.69) is 20.8 Å². The topological polar surface area (TPSA) is 49.8 Å². The SMILES string of the molecule is CC(C)(C)OC(=O)N1C2CCC1(CO)CC2.CC[BH-](CC)CC.[Li+]. The van der Waals surface area contributed by atoms with Crippen molar-refractivity contribution >= 4 is 12.8 Å². The Balaban J connectivity index is 0.000000570. The molecule has 1 N–H and O–H groups in total. The van der Waals surface area contributed by atoms with Gasteiger partial charge < -0.3 is 9.84 Å². The number of hydrogen-bond acceptors (Lipinski definition) is 3. The zero-order valence-corrected chi connectivity index (χ0v) is 17.2. The molecule has 4 nitrogen and oxygen atoms in total. The molecule has 2 fully saturated rings. The summed E-state index contributed by atoms with van der Waals surface area (Å²) in [5.41, 5.74) is -0.789. The first-order valence-corrected chi connectivity index (χ1v) is 9.63. The zero-order valence-electron chi connectivity index (χ0n) is 17.2. The second-order valence-electron chi connectivity index (χ2n) is 8.52. The van der Waals surface area contributed by atoms with Crippen LogP contribution in [0.15, 0.2) is 0 Å². The van der Waals surface area contributed by atoms with Crippen molar-refractivity contribution < 1.29 is 33.5 Å². The fourth-order valence-corrected chi connectivity index (χ4v) is 3.98. The second-order valence-corrected chi connectivity index (χ2v) is 8.52. The second kappa shape index (κ2) is 10.1. The van der Waals surface area contributed by atoms with Gasteiger partial charge in [0, 0.05) is 6.04 Å². The Morgan fingerprint density at radius 3 is 1.92 bits per heavy atom. The number of hydrogen-bond donors (Lipinski definition) is 1. The number of aliphatic hydroxyl groups excluding tert-OH is 1. The summed E-state index contributed by atoms with van der Waals surface area (Å²) in [4.78, 5) is 13.9. The normalized spacial score (nSPS) is 25.2. The molecular weight excluding hydrogens is 296 g/mol. The van der Waals surface area contributed by atoms with Crippen molar-refractivity contribution in [3.05, 3.63) is 0 Å². The summed E-state index contributed by atoms with van der Waals surface area (Å²) in [6.07, 6.45) is 7.87. The van der Waals surface area contributed by atoms with Crippen LogP contribution in [0.2, 0.25) is 19.0 Å². The van der Waals surface area contributed by atoms with Gasteiger partial charge >= 0.3 is 25.0 Å². The number of carbonyl (C=O) groups is 1. The molecule has 6 heteroatoms. The van der Waals surface area contributed by atoms with Crippen molar-refractivity contribution in [1.82, 2.24) is 4.90 Å². The molecule has 0 aromatic rings. The molecule has 2 heterocycles. The maximum atomic E-state index is 12.1. The molecule has 136 valence electrons. The molecule has 2 bridgehead atoms. The van der Waals surface area contributed by atoms with Gasteiger partial charge in [-0.1, -0.05) is 20.8 Å². The van der Waals surface area contributed by atoms with Crippen LogP contribution in [-0.2, 0) is 4.74 Å². The van der Waals surface area contributed by atoms with Gasteiger partial charge in [-0.2, -0.15) is 19.0 Å². The van der Waals surface area contributed by atoms with Crippen LogP contribution in [0.25, 0.3) is 0 Å². The predicted molar refractivity (Wildman–Crippen MR) is 98.7 cm³/mol. The zero-order chi connectivity index (χ0) is 17.7. The van der Waals surface area contributed by atoms with Gasteiger partial charge in [-0.15, -0.1) is 0 Å². The van der Waals surface area contributed by atoms with E-state index in [9.17, 15) is 9.90 Å². The van der Waals surface area contributed by atoms with Gasteiger partial charge in [0.1, 0.15) is 5.60 Å². The maximum absolute atomic E-state index is 12.1. The summed E-state index contributed by atoms with van der Waals surface area (Å²) in [6, 6.07) is 0.280. The summed E-state index contributed by atoms with van der Waals surface area (Å²) < 4.78 is 5.41. The van der Waals surface area contributed by atoms with Crippen molar-refractivity contribution in [3.8, 4) is 0 Å². The van der Waals surface area contributed by atoms with Crippen LogP contribution in [0.1, 0.15) is 67.2 Å². The van der Waals surface area contributed by atoms with Crippen LogP contribution < -0.4 is 18.9 Å². The summed E-state index contributed by atoms with van der Waals surface area (Å²) >= 11 is 0. The number of ether oxygens (including phenoxy) is 1. The smallest absolute Gasteiger partial charge is 0.444 e. The molecule has 0 saturated carbocycles. The third kappa shape index (κ3) is 6.00. The Bertz CT molecular complexity index is 369. The largest absolute Gasteiger partial charge is 1.00 e. The number of rotatable bonds is 4. The van der Waals surface area contributed by atoms with Crippen LogP contribution in [0.3, 0.4) is 0 Å². The van der Waals surface area contributed by atoms with Crippen LogP contribution in [0.5, 0.6) is 0 Å². The Morgan fingerprint density at radius 1 is 1.17 bits per heavy atom. The Morgan fingerprint density at radius 2 is 1.62 bits per heavy atom. The molecule has 0 radical (unpaired) electrons. The number of fused-ring (bicyclic) bond motifs is 2. The van der Waals surface area contributed by atoms with E-state index in [0.717, 1.165) is 25.7 Å². The molecule has 0 spiro atoms. The Hall–Kier alpha value is -0.108. The van der Waals surface area contributed by atoms with Crippen LogP contribution in [0, 0.1) is 0 Å². The van der Waals surface area contributed by atoms with Crippen molar-refractivity contribution in [3.63, 3.8) is 0 Å². The Kier molecular flexibility index (Phi) is 10.1. The van der Waals surface area contributed by atoms with E-state index in [0.29, 0.717) is 6.71 Å². The molecule has 2 saturated heterocycles. The predicted octanol–water partition coefficient (Wildman–Crippen LogP) is 1.19. The molecule has 0 aromatic heterocycles. The molecule has 0 aromatic carbocycles. The van der Waals surface area contributed by atoms with Gasteiger partial charge in [-0.25, -0.2) is 4.79 Å². The molecule has 2 rings (SSSR count). The minimum absolute atomic E-state index is 0. The quantitative estimate of drug-likeness (QED) is 0.787. The first-order chi connectivity index (χ1) is 10.7. The van der Waals surface area contributed by atoms with Gasteiger partial charge in [0.2, 0.25) is 0 Å². The van der Waals surface area contributed by atoms with Crippen molar-refractivity contribution in [1.29, 1.82) is 0 Å². The van der Waals surface area contributed by atoms with Crippen LogP contribution >= 0.6 is 0 Å². The van der Waals surface area contributed by atoms with Gasteiger partial charge in [0.15, 0.2) is 0 Å². The Labute approximate surface area is 161 Å². The van der Waals surface area contributed by atoms with Crippen LogP contribution in [0.4, 0.5) is 4.79 Å². The average Bonchev–Trinajstić information content (AvgIpc) is 3.04. The van der Waals surface area contributed by atoms with E-state index in [1.54, 1.807) is 4.90 Å². The van der Waals surface area contributed by atoms with E-state index >= 15 is 0 Å². The third-order valence-electron chi connectivity index (χ3n) is 5.77. The summed E-state index contributed by atoms with van der Waals surface area (Å²) in [5.74, 6) is 0. The first-order valence-electron chi connectivity index (χ1n) is 9.63.